The summed E-state index contributed by atoms with van der Waals surface area (Å²) in [4.78, 5) is 17.4. The first kappa shape index (κ1) is 12.4. The van der Waals surface area contributed by atoms with E-state index in [9.17, 15) is 4.79 Å². The van der Waals surface area contributed by atoms with Crippen molar-refractivity contribution in [2.45, 2.75) is 0 Å². The molecule has 1 aromatic heterocycles. The quantitative estimate of drug-likeness (QED) is 0.911. The van der Waals surface area contributed by atoms with Gasteiger partial charge in [0.2, 0.25) is 5.88 Å². The molecule has 0 spiro atoms. The fourth-order valence-corrected chi connectivity index (χ4v) is 1.74. The summed E-state index contributed by atoms with van der Waals surface area (Å²) in [5, 5.41) is 0.273. The van der Waals surface area contributed by atoms with Gasteiger partial charge in [0.05, 0.1) is 11.3 Å². The van der Waals surface area contributed by atoms with Crippen LogP contribution in [0.5, 0.6) is 11.6 Å². The molecule has 88 valence electrons. The highest BCUT2D eigenvalue weighted by Crippen LogP contribution is 2.32. The minimum absolute atomic E-state index is 0.00965. The summed E-state index contributed by atoms with van der Waals surface area (Å²) in [6.07, 6.45) is 1.20. The van der Waals surface area contributed by atoms with Crippen molar-refractivity contribution in [2.24, 2.45) is 0 Å². The number of hydrogen-bond acceptors (Lipinski definition) is 3. The van der Waals surface area contributed by atoms with Crippen molar-refractivity contribution < 1.29 is 4.74 Å². The van der Waals surface area contributed by atoms with Gasteiger partial charge in [-0.3, -0.25) is 4.79 Å². The van der Waals surface area contributed by atoms with Crippen molar-refractivity contribution in [3.05, 3.63) is 49.4 Å². The molecule has 17 heavy (non-hydrogen) atoms. The van der Waals surface area contributed by atoms with E-state index in [-0.39, 0.29) is 10.9 Å². The summed E-state index contributed by atoms with van der Waals surface area (Å²) in [6, 6.07) is 5.08. The van der Waals surface area contributed by atoms with E-state index in [0.29, 0.717) is 10.8 Å². The third kappa shape index (κ3) is 2.80. The van der Waals surface area contributed by atoms with E-state index in [4.69, 9.17) is 27.9 Å². The van der Waals surface area contributed by atoms with Crippen LogP contribution in [-0.2, 0) is 0 Å². The second-order valence-corrected chi connectivity index (χ2v) is 4.73. The van der Waals surface area contributed by atoms with Gasteiger partial charge in [0.1, 0.15) is 5.75 Å². The van der Waals surface area contributed by atoms with Crippen molar-refractivity contribution in [1.29, 1.82) is 0 Å². The number of benzene rings is 1. The molecule has 1 heterocycles. The van der Waals surface area contributed by atoms with Gasteiger partial charge >= 0.3 is 0 Å². The summed E-state index contributed by atoms with van der Waals surface area (Å²) >= 11 is 15.0. The van der Waals surface area contributed by atoms with Gasteiger partial charge in [-0.05, 0) is 18.2 Å². The Morgan fingerprint density at radius 2 is 2.12 bits per heavy atom. The first-order chi connectivity index (χ1) is 8.08. The summed E-state index contributed by atoms with van der Waals surface area (Å²) in [5.41, 5.74) is -0.470. The van der Waals surface area contributed by atoms with E-state index in [1.165, 1.54) is 6.33 Å². The minimum atomic E-state index is -0.470. The molecule has 0 unspecified atom stereocenters. The van der Waals surface area contributed by atoms with E-state index in [2.05, 4.69) is 25.9 Å². The van der Waals surface area contributed by atoms with Gasteiger partial charge in [-0.1, -0.05) is 39.1 Å². The zero-order valence-corrected chi connectivity index (χ0v) is 11.3. The molecule has 0 saturated carbocycles. The number of ether oxygens (including phenoxy) is 1. The molecule has 2 aromatic rings. The van der Waals surface area contributed by atoms with E-state index in [1.807, 2.05) is 0 Å². The maximum Gasteiger partial charge on any atom is 0.273 e. The number of rotatable bonds is 2. The predicted octanol–water partition coefficient (Wildman–Crippen LogP) is 3.63. The molecule has 7 heteroatoms. The van der Waals surface area contributed by atoms with Crippen molar-refractivity contribution in [3.63, 3.8) is 0 Å². The Bertz CT molecular complexity index is 615. The Morgan fingerprint density at radius 1 is 1.35 bits per heavy atom. The molecule has 0 fully saturated rings. The van der Waals surface area contributed by atoms with Crippen LogP contribution in [0.15, 0.2) is 33.8 Å². The highest BCUT2D eigenvalue weighted by molar-refractivity contribution is 9.10. The summed E-state index contributed by atoms with van der Waals surface area (Å²) < 4.78 is 6.17. The zero-order chi connectivity index (χ0) is 12.4. The second-order valence-electron chi connectivity index (χ2n) is 3.03. The second kappa shape index (κ2) is 5.08. The summed E-state index contributed by atoms with van der Waals surface area (Å²) in [6.45, 7) is 0. The molecule has 4 nitrogen and oxygen atoms in total. The SMILES string of the molecule is O=c1[nH]cnc(Oc2cc(Br)ccc2Cl)c1Cl. The van der Waals surface area contributed by atoms with Crippen molar-refractivity contribution in [3.8, 4) is 11.6 Å². The zero-order valence-electron chi connectivity index (χ0n) is 8.21. The minimum Gasteiger partial charge on any atom is -0.436 e. The normalized spacial score (nSPS) is 10.3. The van der Waals surface area contributed by atoms with Crippen LogP contribution in [-0.4, -0.2) is 9.97 Å². The molecule has 0 amide bonds. The Labute approximate surface area is 115 Å². The molecule has 0 bridgehead atoms. The van der Waals surface area contributed by atoms with Crippen LogP contribution in [0.2, 0.25) is 10.0 Å². The Morgan fingerprint density at radius 3 is 2.88 bits per heavy atom. The molecule has 0 saturated heterocycles. The van der Waals surface area contributed by atoms with Crippen LogP contribution in [0.25, 0.3) is 0 Å². The molecular formula is C10H5BrCl2N2O2. The molecule has 0 aliphatic carbocycles. The van der Waals surface area contributed by atoms with Crippen LogP contribution in [0.1, 0.15) is 0 Å². The predicted molar refractivity (Wildman–Crippen MR) is 69.1 cm³/mol. The van der Waals surface area contributed by atoms with Gasteiger partial charge in [0.15, 0.2) is 5.02 Å². The van der Waals surface area contributed by atoms with Crippen LogP contribution >= 0.6 is 39.1 Å². The fourth-order valence-electron chi connectivity index (χ4n) is 1.10. The monoisotopic (exact) mass is 334 g/mol. The molecular weight excluding hydrogens is 331 g/mol. The van der Waals surface area contributed by atoms with E-state index in [1.54, 1.807) is 18.2 Å². The number of aromatic nitrogens is 2. The molecule has 1 aromatic carbocycles. The lowest BCUT2D eigenvalue weighted by molar-refractivity contribution is 0.461. The average molecular weight is 336 g/mol. The molecule has 1 N–H and O–H groups in total. The first-order valence-corrected chi connectivity index (χ1v) is 5.99. The van der Waals surface area contributed by atoms with Gasteiger partial charge < -0.3 is 9.72 Å². The lowest BCUT2D eigenvalue weighted by atomic mass is 10.3. The first-order valence-electron chi connectivity index (χ1n) is 4.44. The Hall–Kier alpha value is -1.04. The van der Waals surface area contributed by atoms with Crippen molar-refractivity contribution in [2.75, 3.05) is 0 Å². The van der Waals surface area contributed by atoms with Crippen molar-refractivity contribution >= 4 is 39.1 Å². The number of H-pyrrole nitrogens is 1. The van der Waals surface area contributed by atoms with Crippen LogP contribution in [0.4, 0.5) is 0 Å². The maximum atomic E-state index is 11.2. The third-order valence-electron chi connectivity index (χ3n) is 1.86. The highest BCUT2D eigenvalue weighted by atomic mass is 79.9. The number of hydrogen-bond donors (Lipinski definition) is 1. The van der Waals surface area contributed by atoms with Gasteiger partial charge in [0.25, 0.3) is 5.56 Å². The van der Waals surface area contributed by atoms with E-state index >= 15 is 0 Å². The van der Waals surface area contributed by atoms with Gasteiger partial charge in [-0.25, -0.2) is 4.98 Å². The summed E-state index contributed by atoms with van der Waals surface area (Å²) in [5.74, 6) is 0.372. The topological polar surface area (TPSA) is 55.0 Å². The van der Waals surface area contributed by atoms with Crippen LogP contribution < -0.4 is 10.3 Å². The van der Waals surface area contributed by atoms with Gasteiger partial charge in [-0.15, -0.1) is 0 Å². The standard InChI is InChI=1S/C10H5BrCl2N2O2/c11-5-1-2-6(12)7(3-5)17-10-8(13)9(16)14-4-15-10/h1-4H,(H,14,15,16). The average Bonchev–Trinajstić information content (AvgIpc) is 2.30. The largest absolute Gasteiger partial charge is 0.436 e. The van der Waals surface area contributed by atoms with Crippen molar-refractivity contribution in [1.82, 2.24) is 9.97 Å². The molecule has 0 radical (unpaired) electrons. The number of halogens is 3. The van der Waals surface area contributed by atoms with Crippen LogP contribution in [0, 0.1) is 0 Å². The van der Waals surface area contributed by atoms with E-state index in [0.717, 1.165) is 4.47 Å². The molecule has 0 atom stereocenters. The van der Waals surface area contributed by atoms with Gasteiger partial charge in [-0.2, -0.15) is 0 Å². The number of nitrogens with zero attached hydrogens (tertiary/aromatic N) is 1. The Balaban J connectivity index is 2.41. The fraction of sp³-hybridized carbons (Fsp3) is 0. The highest BCUT2D eigenvalue weighted by Gasteiger charge is 2.10. The number of nitrogens with one attached hydrogen (secondary N) is 1. The lowest BCUT2D eigenvalue weighted by Gasteiger charge is -2.07. The maximum absolute atomic E-state index is 11.2. The number of aromatic amines is 1. The van der Waals surface area contributed by atoms with Gasteiger partial charge in [0, 0.05) is 4.47 Å². The third-order valence-corrected chi connectivity index (χ3v) is 3.00. The summed E-state index contributed by atoms with van der Waals surface area (Å²) in [7, 11) is 0. The smallest absolute Gasteiger partial charge is 0.273 e. The molecule has 2 rings (SSSR count). The Kier molecular flexibility index (Phi) is 3.71. The molecule has 0 aliphatic rings. The lowest BCUT2D eigenvalue weighted by Crippen LogP contribution is -2.07. The molecule has 0 aliphatic heterocycles. The van der Waals surface area contributed by atoms with Crippen LogP contribution in [0.3, 0.4) is 0 Å². The van der Waals surface area contributed by atoms with E-state index < -0.39 is 5.56 Å².